The van der Waals surface area contributed by atoms with Crippen LogP contribution in [0.1, 0.15) is 12.5 Å². The van der Waals surface area contributed by atoms with E-state index >= 15 is 0 Å². The molecule has 0 spiro atoms. The highest BCUT2D eigenvalue weighted by atomic mass is 14.1. The van der Waals surface area contributed by atoms with Gasteiger partial charge in [-0.15, -0.1) is 0 Å². The summed E-state index contributed by atoms with van der Waals surface area (Å²) in [5.41, 5.74) is 7.45. The molecule has 1 heteroatoms. The Hall–Kier alpha value is -2.28. The van der Waals surface area contributed by atoms with Crippen molar-refractivity contribution in [2.24, 2.45) is 5.92 Å². The summed E-state index contributed by atoms with van der Waals surface area (Å²) in [5.74, 6) is 0.387. The predicted octanol–water partition coefficient (Wildman–Crippen LogP) is 3.90. The summed E-state index contributed by atoms with van der Waals surface area (Å²) >= 11 is 0. The van der Waals surface area contributed by atoms with Crippen LogP contribution in [0.4, 0.5) is 0 Å². The van der Waals surface area contributed by atoms with Crippen molar-refractivity contribution in [3.05, 3.63) is 96.1 Å². The van der Waals surface area contributed by atoms with Gasteiger partial charge in [0.05, 0.1) is 0 Å². The summed E-state index contributed by atoms with van der Waals surface area (Å²) in [6.07, 6.45) is 12.9. The molecule has 1 atom stereocenters. The van der Waals surface area contributed by atoms with Crippen molar-refractivity contribution in [1.82, 2.24) is 0 Å². The maximum atomic E-state index is 4.27. The van der Waals surface area contributed by atoms with E-state index in [0.717, 1.165) is 18.4 Å². The van der Waals surface area contributed by atoms with E-state index in [4.69, 9.17) is 0 Å². The monoisotopic (exact) mass is 270 g/mol. The van der Waals surface area contributed by atoms with Gasteiger partial charge in [0.2, 0.25) is 0 Å². The number of hydrogen-bond donors (Lipinski definition) is 0. The van der Waals surface area contributed by atoms with Crippen molar-refractivity contribution < 1.29 is 0 Å². The first kappa shape index (κ1) is 13.7. The molecule has 0 fully saturated rings. The van der Waals surface area contributed by atoms with Gasteiger partial charge in [-0.2, -0.15) is 0 Å². The second-order valence-corrected chi connectivity index (χ2v) is 5.74. The minimum Gasteiger partial charge on any atom is -0.0923 e. The van der Waals surface area contributed by atoms with Gasteiger partial charge in [0, 0.05) is 0 Å². The van der Waals surface area contributed by atoms with Gasteiger partial charge in [-0.25, -0.2) is 0 Å². The van der Waals surface area contributed by atoms with Crippen molar-refractivity contribution in [3.63, 3.8) is 0 Å². The number of benzene rings is 1. The molecule has 0 radical (unpaired) electrons. The third kappa shape index (κ3) is 2.78. The van der Waals surface area contributed by atoms with Crippen molar-refractivity contribution in [2.75, 3.05) is 0 Å². The van der Waals surface area contributed by atoms with E-state index in [0.29, 0.717) is 5.92 Å². The van der Waals surface area contributed by atoms with E-state index in [1.165, 1.54) is 22.1 Å². The van der Waals surface area contributed by atoms with Gasteiger partial charge in [0.25, 0.3) is 0 Å². The van der Waals surface area contributed by atoms with Gasteiger partial charge >= 0.3 is 0 Å². The Morgan fingerprint density at radius 1 is 0.952 bits per heavy atom. The lowest BCUT2D eigenvalue weighted by Crippen LogP contribution is -2.13. The van der Waals surface area contributed by atoms with Crippen LogP contribution in [0.15, 0.2) is 90.5 Å². The van der Waals surface area contributed by atoms with Crippen molar-refractivity contribution in [1.29, 1.82) is 0 Å². The molecule has 102 valence electrons. The molecule has 1 heterocycles. The van der Waals surface area contributed by atoms with Crippen LogP contribution in [0.5, 0.6) is 0 Å². The summed E-state index contributed by atoms with van der Waals surface area (Å²) in [6, 6.07) is 8.61. The number of allylic oxidation sites excluding steroid dienone is 10. The number of rotatable bonds is 0. The van der Waals surface area contributed by atoms with Crippen LogP contribution < -0.4 is 5.46 Å². The maximum Gasteiger partial charge on any atom is 0.194 e. The lowest BCUT2D eigenvalue weighted by atomic mass is 9.64. The lowest BCUT2D eigenvalue weighted by molar-refractivity contribution is 0.938. The molecule has 0 N–H and O–H groups in total. The molecule has 3 rings (SSSR count). The van der Waals surface area contributed by atoms with E-state index < -0.39 is 0 Å². The summed E-state index contributed by atoms with van der Waals surface area (Å²) in [5, 5.41) is 0. The van der Waals surface area contributed by atoms with Crippen molar-refractivity contribution >= 4 is 18.3 Å². The van der Waals surface area contributed by atoms with Crippen LogP contribution in [0.3, 0.4) is 0 Å². The van der Waals surface area contributed by atoms with Crippen LogP contribution in [0, 0.1) is 5.92 Å². The van der Waals surface area contributed by atoms with Crippen LogP contribution in [-0.2, 0) is 0 Å². The van der Waals surface area contributed by atoms with E-state index in [1.807, 2.05) is 0 Å². The largest absolute Gasteiger partial charge is 0.194 e. The number of fused-ring (bicyclic) bond motifs is 2. The molecule has 0 aromatic heterocycles. The first-order valence-corrected chi connectivity index (χ1v) is 7.39. The Bertz CT molecular complexity index is 726. The summed E-state index contributed by atoms with van der Waals surface area (Å²) < 4.78 is 0. The Kier molecular flexibility index (Phi) is 3.66. The van der Waals surface area contributed by atoms with Gasteiger partial charge in [0.15, 0.2) is 7.28 Å². The molecular formula is C20H19B. The topological polar surface area (TPSA) is 0 Å². The first-order chi connectivity index (χ1) is 10.1. The molecular weight excluding hydrogens is 251 g/mol. The van der Waals surface area contributed by atoms with Crippen LogP contribution in [-0.4, -0.2) is 7.28 Å². The van der Waals surface area contributed by atoms with Gasteiger partial charge in [-0.3, -0.25) is 0 Å². The molecule has 1 aliphatic heterocycles. The Balaban J connectivity index is 2.12. The highest BCUT2D eigenvalue weighted by molar-refractivity contribution is 6.67. The highest BCUT2D eigenvalue weighted by Gasteiger charge is 2.21. The van der Waals surface area contributed by atoms with Crippen molar-refractivity contribution in [2.45, 2.75) is 6.92 Å². The summed E-state index contributed by atoms with van der Waals surface area (Å²) in [6.45, 7) is 10.5. The first-order valence-electron chi connectivity index (χ1n) is 7.39. The van der Waals surface area contributed by atoms with Gasteiger partial charge in [-0.05, 0) is 28.2 Å². The van der Waals surface area contributed by atoms with E-state index in [1.54, 1.807) is 0 Å². The SMILES string of the molecule is C=C1/C=C\C2=C(Bc3ccccc32)C(=C)/C=C\[C@H](C)/C=C\1. The van der Waals surface area contributed by atoms with Crippen LogP contribution in [0.2, 0.25) is 0 Å². The standard InChI is InChI=1S/C20H19B/c1-14-8-9-15(2)11-13-18-17-6-4-5-7-19(17)21-20(18)16(3)12-10-14/h4-14,21H,2-3H2,1H3/b9-8-,12-10-,13-11-/t14-/m1/s1. The minimum absolute atomic E-state index is 0.387. The third-order valence-corrected chi connectivity index (χ3v) is 4.07. The predicted molar refractivity (Wildman–Crippen MR) is 95.0 cm³/mol. The molecule has 0 amide bonds. The number of hydrogen-bond acceptors (Lipinski definition) is 0. The molecule has 0 unspecified atom stereocenters. The zero-order chi connectivity index (χ0) is 14.8. The minimum atomic E-state index is 0.387. The Morgan fingerprint density at radius 3 is 2.57 bits per heavy atom. The average molecular weight is 270 g/mol. The second kappa shape index (κ2) is 5.61. The molecule has 1 aliphatic carbocycles. The molecule has 1 aromatic carbocycles. The van der Waals surface area contributed by atoms with E-state index in [2.05, 4.69) is 80.8 Å². The summed E-state index contributed by atoms with van der Waals surface area (Å²) in [7, 11) is 0.966. The normalized spacial score (nSPS) is 25.5. The molecule has 21 heavy (non-hydrogen) atoms. The molecule has 0 bridgehead atoms. The fourth-order valence-electron chi connectivity index (χ4n) is 2.82. The quantitative estimate of drug-likeness (QED) is 0.627. The van der Waals surface area contributed by atoms with Crippen LogP contribution >= 0.6 is 0 Å². The fraction of sp³-hybridized carbons (Fsp3) is 0.100. The second-order valence-electron chi connectivity index (χ2n) is 5.74. The van der Waals surface area contributed by atoms with E-state index in [-0.39, 0.29) is 0 Å². The zero-order valence-corrected chi connectivity index (χ0v) is 12.5. The van der Waals surface area contributed by atoms with Gasteiger partial charge in [-0.1, -0.05) is 91.7 Å². The highest BCUT2D eigenvalue weighted by Crippen LogP contribution is 2.29. The van der Waals surface area contributed by atoms with Gasteiger partial charge in [0.1, 0.15) is 0 Å². The fourth-order valence-corrected chi connectivity index (χ4v) is 2.82. The molecule has 0 nitrogen and oxygen atoms in total. The van der Waals surface area contributed by atoms with Gasteiger partial charge < -0.3 is 0 Å². The molecule has 0 saturated carbocycles. The maximum absolute atomic E-state index is 4.27. The van der Waals surface area contributed by atoms with Crippen molar-refractivity contribution in [3.8, 4) is 0 Å². The molecule has 0 saturated heterocycles. The van der Waals surface area contributed by atoms with Crippen LogP contribution in [0.25, 0.3) is 5.57 Å². The average Bonchev–Trinajstić information content (AvgIpc) is 2.86. The lowest BCUT2D eigenvalue weighted by Gasteiger charge is -2.05. The summed E-state index contributed by atoms with van der Waals surface area (Å²) in [4.78, 5) is 0. The van der Waals surface area contributed by atoms with E-state index in [9.17, 15) is 0 Å². The Labute approximate surface area is 127 Å². The smallest absolute Gasteiger partial charge is 0.0923 e. The molecule has 2 aliphatic rings. The molecule has 1 aromatic rings. The Morgan fingerprint density at radius 2 is 1.71 bits per heavy atom. The third-order valence-electron chi connectivity index (χ3n) is 4.07. The zero-order valence-electron chi connectivity index (χ0n) is 12.5.